The summed E-state index contributed by atoms with van der Waals surface area (Å²) in [5.74, 6) is 0.0568. The molecule has 0 atom stereocenters. The molecule has 1 aromatic heterocycles. The minimum absolute atomic E-state index is 0.00277. The number of hydrogen-bond acceptors (Lipinski definition) is 4. The third kappa shape index (κ3) is 3.67. The Bertz CT molecular complexity index is 626. The van der Waals surface area contributed by atoms with Gasteiger partial charge in [0.15, 0.2) is 5.78 Å². The number of piperazine rings is 1. The lowest BCUT2D eigenvalue weighted by atomic mass is 10.2. The Hall–Kier alpha value is -2.15. The summed E-state index contributed by atoms with van der Waals surface area (Å²) in [4.78, 5) is 44.7. The van der Waals surface area contributed by atoms with Gasteiger partial charge in [-0.05, 0) is 18.9 Å². The van der Waals surface area contributed by atoms with E-state index in [0.29, 0.717) is 44.0 Å². The van der Waals surface area contributed by atoms with Crippen LogP contribution in [0.5, 0.6) is 0 Å². The van der Waals surface area contributed by atoms with E-state index in [2.05, 4.69) is 9.88 Å². The van der Waals surface area contributed by atoms with Crippen LogP contribution in [0, 0.1) is 0 Å². The van der Waals surface area contributed by atoms with Crippen molar-refractivity contribution in [2.24, 2.45) is 0 Å². The first kappa shape index (κ1) is 16.7. The molecule has 2 saturated heterocycles. The number of nitrogens with one attached hydrogen (secondary N) is 1. The average Bonchev–Trinajstić information content (AvgIpc) is 3.26. The monoisotopic (exact) mass is 332 g/mol. The molecule has 7 heteroatoms. The van der Waals surface area contributed by atoms with Gasteiger partial charge in [0.25, 0.3) is 5.91 Å². The summed E-state index contributed by atoms with van der Waals surface area (Å²) < 4.78 is 0. The molecule has 130 valence electrons. The molecule has 0 spiro atoms. The lowest BCUT2D eigenvalue weighted by molar-refractivity contribution is -0.130. The van der Waals surface area contributed by atoms with Gasteiger partial charge in [-0.3, -0.25) is 19.3 Å². The topological polar surface area (TPSA) is 76.7 Å². The summed E-state index contributed by atoms with van der Waals surface area (Å²) >= 11 is 0. The van der Waals surface area contributed by atoms with Crippen molar-refractivity contribution in [1.29, 1.82) is 0 Å². The smallest absolute Gasteiger partial charge is 0.270 e. The van der Waals surface area contributed by atoms with Gasteiger partial charge in [0.05, 0.1) is 6.54 Å². The number of Topliss-reactive ketones (excluding diaryl/α,β-unsaturated/α-hetero) is 1. The molecule has 3 heterocycles. The summed E-state index contributed by atoms with van der Waals surface area (Å²) in [7, 11) is 0. The Kier molecular flexibility index (Phi) is 4.99. The van der Waals surface area contributed by atoms with Crippen LogP contribution in [0.25, 0.3) is 0 Å². The van der Waals surface area contributed by atoms with Crippen molar-refractivity contribution in [3.05, 3.63) is 23.5 Å². The molecule has 0 bridgehead atoms. The molecule has 1 N–H and O–H groups in total. The van der Waals surface area contributed by atoms with E-state index in [0.717, 1.165) is 25.9 Å². The fourth-order valence-electron chi connectivity index (χ4n) is 3.28. The predicted octanol–water partition coefficient (Wildman–Crippen LogP) is 0.598. The van der Waals surface area contributed by atoms with Crippen LogP contribution in [0.4, 0.5) is 0 Å². The van der Waals surface area contributed by atoms with E-state index in [-0.39, 0.29) is 17.6 Å². The van der Waals surface area contributed by atoms with Crippen molar-refractivity contribution in [2.45, 2.75) is 19.8 Å². The zero-order valence-corrected chi connectivity index (χ0v) is 14.1. The second-order valence-corrected chi connectivity index (χ2v) is 6.51. The normalized spacial score (nSPS) is 18.9. The van der Waals surface area contributed by atoms with E-state index in [1.807, 2.05) is 4.90 Å². The lowest BCUT2D eigenvalue weighted by Gasteiger charge is -2.33. The van der Waals surface area contributed by atoms with Gasteiger partial charge in [-0.2, -0.15) is 0 Å². The molecule has 24 heavy (non-hydrogen) atoms. The molecule has 1 aromatic rings. The summed E-state index contributed by atoms with van der Waals surface area (Å²) in [6, 6.07) is 1.66. The lowest BCUT2D eigenvalue weighted by Crippen LogP contribution is -2.49. The highest BCUT2D eigenvalue weighted by molar-refractivity contribution is 6.01. The zero-order chi connectivity index (χ0) is 17.1. The van der Waals surface area contributed by atoms with E-state index in [4.69, 9.17) is 0 Å². The van der Waals surface area contributed by atoms with Crippen molar-refractivity contribution in [3.8, 4) is 0 Å². The molecule has 0 saturated carbocycles. The minimum atomic E-state index is -0.0263. The maximum Gasteiger partial charge on any atom is 0.270 e. The van der Waals surface area contributed by atoms with Gasteiger partial charge in [-0.1, -0.05) is 0 Å². The molecule has 2 aliphatic heterocycles. The number of likely N-dealkylation sites (tertiary alicyclic amines) is 1. The Balaban J connectivity index is 1.54. The Labute approximate surface area is 141 Å². The molecular formula is C17H24N4O3. The predicted molar refractivity (Wildman–Crippen MR) is 89.0 cm³/mol. The summed E-state index contributed by atoms with van der Waals surface area (Å²) in [5.41, 5.74) is 1.04. The van der Waals surface area contributed by atoms with Crippen LogP contribution < -0.4 is 0 Å². The van der Waals surface area contributed by atoms with Crippen molar-refractivity contribution in [1.82, 2.24) is 19.7 Å². The van der Waals surface area contributed by atoms with Gasteiger partial charge in [-0.15, -0.1) is 0 Å². The summed E-state index contributed by atoms with van der Waals surface area (Å²) in [5, 5.41) is 0. The van der Waals surface area contributed by atoms with Crippen LogP contribution in [0.1, 0.15) is 40.6 Å². The Morgan fingerprint density at radius 1 is 1.00 bits per heavy atom. The highest BCUT2D eigenvalue weighted by atomic mass is 16.2. The first-order chi connectivity index (χ1) is 11.5. The number of amides is 2. The fraction of sp³-hybridized carbons (Fsp3) is 0.588. The van der Waals surface area contributed by atoms with E-state index < -0.39 is 0 Å². The van der Waals surface area contributed by atoms with Gasteiger partial charge in [0, 0.05) is 58.0 Å². The highest BCUT2D eigenvalue weighted by Crippen LogP contribution is 2.14. The minimum Gasteiger partial charge on any atom is -0.356 e. The number of rotatable bonds is 4. The number of ketones is 1. The Morgan fingerprint density at radius 2 is 1.67 bits per heavy atom. The number of aromatic amines is 1. The summed E-state index contributed by atoms with van der Waals surface area (Å²) in [6.45, 7) is 6.21. The number of carbonyl (C=O) groups is 3. The largest absolute Gasteiger partial charge is 0.356 e. The van der Waals surface area contributed by atoms with Crippen molar-refractivity contribution < 1.29 is 14.4 Å². The van der Waals surface area contributed by atoms with Crippen molar-refractivity contribution >= 4 is 17.6 Å². The van der Waals surface area contributed by atoms with Crippen LogP contribution >= 0.6 is 0 Å². The van der Waals surface area contributed by atoms with Gasteiger partial charge in [0.2, 0.25) is 5.91 Å². The van der Waals surface area contributed by atoms with Crippen LogP contribution in [-0.2, 0) is 4.79 Å². The molecule has 2 aliphatic rings. The third-order valence-electron chi connectivity index (χ3n) is 4.81. The molecule has 0 unspecified atom stereocenters. The quantitative estimate of drug-likeness (QED) is 0.819. The van der Waals surface area contributed by atoms with E-state index in [9.17, 15) is 14.4 Å². The molecule has 3 rings (SSSR count). The number of nitrogens with zero attached hydrogens (tertiary/aromatic N) is 3. The highest BCUT2D eigenvalue weighted by Gasteiger charge is 2.24. The van der Waals surface area contributed by atoms with E-state index >= 15 is 0 Å². The van der Waals surface area contributed by atoms with Gasteiger partial charge in [0.1, 0.15) is 5.69 Å². The maximum absolute atomic E-state index is 12.4. The van der Waals surface area contributed by atoms with Crippen molar-refractivity contribution in [2.75, 3.05) is 45.8 Å². The van der Waals surface area contributed by atoms with E-state index in [1.54, 1.807) is 24.1 Å². The number of carbonyl (C=O) groups excluding carboxylic acids is 3. The molecule has 0 aliphatic carbocycles. The SMILES string of the molecule is CC(=O)N1CCN(CC(=O)c2c[nH]c(C(=O)N3CCCC3)c2)CC1. The molecule has 0 radical (unpaired) electrons. The van der Waals surface area contributed by atoms with Gasteiger partial charge in [-0.25, -0.2) is 0 Å². The Morgan fingerprint density at radius 3 is 2.29 bits per heavy atom. The van der Waals surface area contributed by atoms with Crippen LogP contribution in [0.3, 0.4) is 0 Å². The van der Waals surface area contributed by atoms with Crippen LogP contribution in [-0.4, -0.2) is 83.1 Å². The maximum atomic E-state index is 12.4. The number of aromatic nitrogens is 1. The number of H-pyrrole nitrogens is 1. The zero-order valence-electron chi connectivity index (χ0n) is 14.1. The average molecular weight is 332 g/mol. The molecule has 2 fully saturated rings. The number of hydrogen-bond donors (Lipinski definition) is 1. The van der Waals surface area contributed by atoms with Crippen LogP contribution in [0.2, 0.25) is 0 Å². The van der Waals surface area contributed by atoms with Gasteiger partial charge >= 0.3 is 0 Å². The molecule has 7 nitrogen and oxygen atoms in total. The van der Waals surface area contributed by atoms with E-state index in [1.165, 1.54) is 0 Å². The standard InChI is InChI=1S/C17H24N4O3/c1-13(22)20-8-6-19(7-9-20)12-16(23)14-10-15(18-11-14)17(24)21-4-2-3-5-21/h10-11,18H,2-9,12H2,1H3. The molecule has 0 aromatic carbocycles. The summed E-state index contributed by atoms with van der Waals surface area (Å²) in [6.07, 6.45) is 3.71. The molecular weight excluding hydrogens is 308 g/mol. The second kappa shape index (κ2) is 7.17. The molecule has 2 amide bonds. The first-order valence-electron chi connectivity index (χ1n) is 8.53. The van der Waals surface area contributed by atoms with Gasteiger partial charge < -0.3 is 14.8 Å². The second-order valence-electron chi connectivity index (χ2n) is 6.51. The van der Waals surface area contributed by atoms with Crippen LogP contribution in [0.15, 0.2) is 12.3 Å². The fourth-order valence-corrected chi connectivity index (χ4v) is 3.28. The first-order valence-corrected chi connectivity index (χ1v) is 8.53. The third-order valence-corrected chi connectivity index (χ3v) is 4.81. The van der Waals surface area contributed by atoms with Crippen molar-refractivity contribution in [3.63, 3.8) is 0 Å².